The number of nitrogens with zero attached hydrogens (tertiary/aromatic N) is 3. The molecule has 0 saturated heterocycles. The molecule has 0 atom stereocenters. The van der Waals surface area contributed by atoms with Crippen molar-refractivity contribution < 1.29 is 9.59 Å². The Hall–Kier alpha value is -3.58. The van der Waals surface area contributed by atoms with Crippen LogP contribution in [0.25, 0.3) is 22.4 Å². The standard InChI is InChI=1S/C30H35N5O2/c1-20(36)35(2)25-14-8-21(9-15-25)18-28(37)32-27-19-26(22-6-4-3-5-7-22)29(34-33-27)23-10-12-24(13-11-23)30(31)16-17-30/h3-7,10-13,19,21,25H,8-9,14-18,31H2,1-2H3,(H,32,33,37). The molecular weight excluding hydrogens is 462 g/mol. The van der Waals surface area contributed by atoms with Crippen LogP contribution >= 0.6 is 0 Å². The highest BCUT2D eigenvalue weighted by Gasteiger charge is 2.39. The Labute approximate surface area is 218 Å². The second kappa shape index (κ2) is 10.4. The van der Waals surface area contributed by atoms with E-state index in [0.29, 0.717) is 18.2 Å². The number of anilines is 1. The zero-order valence-electron chi connectivity index (χ0n) is 21.6. The Balaban J connectivity index is 1.30. The van der Waals surface area contributed by atoms with Crippen LogP contribution in [0.15, 0.2) is 60.7 Å². The topological polar surface area (TPSA) is 101 Å². The van der Waals surface area contributed by atoms with E-state index in [4.69, 9.17) is 5.73 Å². The lowest BCUT2D eigenvalue weighted by atomic mass is 9.83. The molecule has 192 valence electrons. The van der Waals surface area contributed by atoms with E-state index in [2.05, 4.69) is 39.8 Å². The summed E-state index contributed by atoms with van der Waals surface area (Å²) in [5.74, 6) is 0.812. The van der Waals surface area contributed by atoms with Gasteiger partial charge in [-0.3, -0.25) is 9.59 Å². The molecule has 1 heterocycles. The number of carbonyl (C=O) groups excluding carboxylic acids is 2. The lowest BCUT2D eigenvalue weighted by molar-refractivity contribution is -0.130. The molecule has 2 saturated carbocycles. The van der Waals surface area contributed by atoms with Crippen molar-refractivity contribution in [3.63, 3.8) is 0 Å². The molecule has 0 aliphatic heterocycles. The quantitative estimate of drug-likeness (QED) is 0.472. The summed E-state index contributed by atoms with van der Waals surface area (Å²) >= 11 is 0. The summed E-state index contributed by atoms with van der Waals surface area (Å²) in [6.45, 7) is 1.61. The van der Waals surface area contributed by atoms with Gasteiger partial charge in [-0.25, -0.2) is 0 Å². The second-order valence-electron chi connectivity index (χ2n) is 10.6. The van der Waals surface area contributed by atoms with Gasteiger partial charge in [0.15, 0.2) is 5.82 Å². The van der Waals surface area contributed by atoms with Crippen molar-refractivity contribution in [3.05, 3.63) is 66.2 Å². The van der Waals surface area contributed by atoms with E-state index in [9.17, 15) is 9.59 Å². The Kier molecular flexibility index (Phi) is 7.07. The molecule has 0 radical (unpaired) electrons. The van der Waals surface area contributed by atoms with Crippen LogP contribution in [-0.4, -0.2) is 40.0 Å². The van der Waals surface area contributed by atoms with Gasteiger partial charge in [0.25, 0.3) is 0 Å². The molecule has 2 aromatic carbocycles. The smallest absolute Gasteiger partial charge is 0.225 e. The Bertz CT molecular complexity index is 1260. The van der Waals surface area contributed by atoms with Crippen molar-refractivity contribution in [1.82, 2.24) is 15.1 Å². The van der Waals surface area contributed by atoms with Crippen LogP contribution in [0.3, 0.4) is 0 Å². The molecule has 5 rings (SSSR count). The van der Waals surface area contributed by atoms with Gasteiger partial charge in [-0.1, -0.05) is 54.6 Å². The number of nitrogens with two attached hydrogens (primary N) is 1. The summed E-state index contributed by atoms with van der Waals surface area (Å²) in [5, 5.41) is 11.9. The lowest BCUT2D eigenvalue weighted by Gasteiger charge is -2.34. The molecule has 37 heavy (non-hydrogen) atoms. The molecule has 3 aromatic rings. The summed E-state index contributed by atoms with van der Waals surface area (Å²) in [7, 11) is 1.86. The highest BCUT2D eigenvalue weighted by molar-refractivity contribution is 5.91. The van der Waals surface area contributed by atoms with Gasteiger partial charge < -0.3 is 16.0 Å². The normalized spacial score (nSPS) is 20.2. The van der Waals surface area contributed by atoms with E-state index in [1.807, 2.05) is 48.3 Å². The maximum atomic E-state index is 12.9. The van der Waals surface area contributed by atoms with Crippen molar-refractivity contribution in [1.29, 1.82) is 0 Å². The predicted octanol–water partition coefficient (Wildman–Crippen LogP) is 5.12. The monoisotopic (exact) mass is 497 g/mol. The van der Waals surface area contributed by atoms with Crippen LogP contribution in [0, 0.1) is 5.92 Å². The SMILES string of the molecule is CC(=O)N(C)C1CCC(CC(=O)Nc2cc(-c3ccccc3)c(-c3ccc(C4(N)CC4)cc3)nn2)CC1. The first-order valence-corrected chi connectivity index (χ1v) is 13.2. The van der Waals surface area contributed by atoms with Gasteiger partial charge in [0.1, 0.15) is 5.69 Å². The van der Waals surface area contributed by atoms with Crippen molar-refractivity contribution >= 4 is 17.6 Å². The second-order valence-corrected chi connectivity index (χ2v) is 10.6. The van der Waals surface area contributed by atoms with Crippen molar-refractivity contribution in [2.24, 2.45) is 11.7 Å². The van der Waals surface area contributed by atoms with E-state index < -0.39 is 0 Å². The van der Waals surface area contributed by atoms with Crippen LogP contribution in [-0.2, 0) is 15.1 Å². The molecule has 2 fully saturated rings. The van der Waals surface area contributed by atoms with Crippen LogP contribution in [0.2, 0.25) is 0 Å². The van der Waals surface area contributed by atoms with Gasteiger partial charge in [0.05, 0.1) is 0 Å². The van der Waals surface area contributed by atoms with Crippen LogP contribution < -0.4 is 11.1 Å². The number of hydrogen-bond acceptors (Lipinski definition) is 5. The average Bonchev–Trinajstić information content (AvgIpc) is 3.67. The molecule has 0 spiro atoms. The lowest BCUT2D eigenvalue weighted by Crippen LogP contribution is -2.38. The Morgan fingerprint density at radius 2 is 1.65 bits per heavy atom. The highest BCUT2D eigenvalue weighted by atomic mass is 16.2. The minimum absolute atomic E-state index is 0.0496. The molecule has 7 nitrogen and oxygen atoms in total. The molecule has 2 aliphatic carbocycles. The van der Waals surface area contributed by atoms with Crippen molar-refractivity contribution in [2.45, 2.75) is 63.5 Å². The Morgan fingerprint density at radius 3 is 2.27 bits per heavy atom. The van der Waals surface area contributed by atoms with Gasteiger partial charge in [-0.15, -0.1) is 10.2 Å². The maximum Gasteiger partial charge on any atom is 0.225 e. The van der Waals surface area contributed by atoms with Gasteiger partial charge in [-0.05, 0) is 61.6 Å². The van der Waals surface area contributed by atoms with E-state index in [1.54, 1.807) is 6.92 Å². The number of hydrogen-bond donors (Lipinski definition) is 2. The van der Waals surface area contributed by atoms with Gasteiger partial charge in [0, 0.05) is 43.1 Å². The predicted molar refractivity (Wildman–Crippen MR) is 145 cm³/mol. The number of rotatable bonds is 7. The zero-order chi connectivity index (χ0) is 26.0. The molecule has 2 aliphatic rings. The molecule has 2 amide bonds. The fourth-order valence-corrected chi connectivity index (χ4v) is 5.34. The summed E-state index contributed by atoms with van der Waals surface area (Å²) < 4.78 is 0. The molecular formula is C30H35N5O2. The summed E-state index contributed by atoms with van der Waals surface area (Å²) in [5.41, 5.74) is 11.0. The number of aromatic nitrogens is 2. The minimum Gasteiger partial charge on any atom is -0.343 e. The van der Waals surface area contributed by atoms with E-state index in [1.165, 1.54) is 0 Å². The number of nitrogens with one attached hydrogen (secondary N) is 1. The number of amides is 2. The average molecular weight is 498 g/mol. The van der Waals surface area contributed by atoms with Crippen molar-refractivity contribution in [2.75, 3.05) is 12.4 Å². The fourth-order valence-electron chi connectivity index (χ4n) is 5.34. The summed E-state index contributed by atoms with van der Waals surface area (Å²) in [6.07, 6.45) is 6.24. The number of benzene rings is 2. The zero-order valence-corrected chi connectivity index (χ0v) is 21.6. The van der Waals surface area contributed by atoms with Crippen molar-refractivity contribution in [3.8, 4) is 22.4 Å². The maximum absolute atomic E-state index is 12.9. The summed E-state index contributed by atoms with van der Waals surface area (Å²) in [4.78, 5) is 26.4. The third-order valence-electron chi connectivity index (χ3n) is 8.00. The van der Waals surface area contributed by atoms with Crippen LogP contribution in [0.4, 0.5) is 5.82 Å². The van der Waals surface area contributed by atoms with Crippen LogP contribution in [0.1, 0.15) is 57.4 Å². The van der Waals surface area contributed by atoms with Gasteiger partial charge in [0.2, 0.25) is 11.8 Å². The largest absolute Gasteiger partial charge is 0.343 e. The van der Waals surface area contributed by atoms with E-state index in [0.717, 1.165) is 66.5 Å². The summed E-state index contributed by atoms with van der Waals surface area (Å²) in [6, 6.07) is 20.5. The Morgan fingerprint density at radius 1 is 0.973 bits per heavy atom. The van der Waals surface area contributed by atoms with E-state index in [-0.39, 0.29) is 23.4 Å². The minimum atomic E-state index is -0.177. The first-order valence-electron chi connectivity index (χ1n) is 13.2. The van der Waals surface area contributed by atoms with Crippen LogP contribution in [0.5, 0.6) is 0 Å². The molecule has 1 aromatic heterocycles. The van der Waals surface area contributed by atoms with E-state index >= 15 is 0 Å². The third kappa shape index (κ3) is 5.72. The molecule has 7 heteroatoms. The third-order valence-corrected chi connectivity index (χ3v) is 8.00. The first kappa shape index (κ1) is 25.1. The fraction of sp³-hybridized carbons (Fsp3) is 0.400. The highest BCUT2D eigenvalue weighted by Crippen LogP contribution is 2.43. The van der Waals surface area contributed by atoms with Gasteiger partial charge in [-0.2, -0.15) is 0 Å². The number of carbonyl (C=O) groups is 2. The van der Waals surface area contributed by atoms with Gasteiger partial charge >= 0.3 is 0 Å². The molecule has 0 bridgehead atoms. The molecule has 3 N–H and O–H groups in total. The molecule has 0 unspecified atom stereocenters. The first-order chi connectivity index (χ1) is 17.8.